The first-order valence-electron chi connectivity index (χ1n) is 9.22. The molecular weight excluding hydrogens is 431 g/mol. The van der Waals surface area contributed by atoms with E-state index in [2.05, 4.69) is 25.4 Å². The molecule has 0 spiro atoms. The number of nitrogens with one attached hydrogen (secondary N) is 1. The van der Waals surface area contributed by atoms with Crippen LogP contribution in [0.4, 0.5) is 24.1 Å². The molecule has 0 bridgehead atoms. The zero-order valence-electron chi connectivity index (χ0n) is 16.8. The topological polar surface area (TPSA) is 82.7 Å². The van der Waals surface area contributed by atoms with E-state index in [1.807, 2.05) is 23.8 Å². The smallest absolute Gasteiger partial charge is 0.435 e. The van der Waals surface area contributed by atoms with Crippen LogP contribution < -0.4 is 10.1 Å². The summed E-state index contributed by atoms with van der Waals surface area (Å²) in [6, 6.07) is 4.61. The van der Waals surface area contributed by atoms with Crippen LogP contribution in [0.1, 0.15) is 18.3 Å². The number of ether oxygens (including phenoxy) is 1. The molecule has 4 aromatic rings. The van der Waals surface area contributed by atoms with Gasteiger partial charge in [0, 0.05) is 24.2 Å². The van der Waals surface area contributed by atoms with Crippen LogP contribution in [0.5, 0.6) is 5.88 Å². The lowest BCUT2D eigenvalue weighted by atomic mass is 10.2. The van der Waals surface area contributed by atoms with Gasteiger partial charge in [-0.1, -0.05) is 0 Å². The Labute approximate surface area is 179 Å². The molecule has 0 amide bonds. The quantitative estimate of drug-likeness (QED) is 0.460. The van der Waals surface area contributed by atoms with Crippen LogP contribution in [-0.2, 0) is 12.7 Å². The summed E-state index contributed by atoms with van der Waals surface area (Å²) in [5.74, 6) is 0.614. The zero-order valence-corrected chi connectivity index (χ0v) is 17.6. The van der Waals surface area contributed by atoms with Gasteiger partial charge < -0.3 is 14.6 Å². The van der Waals surface area contributed by atoms with E-state index in [0.717, 1.165) is 17.4 Å². The number of rotatable bonds is 6. The SMILES string of the molecule is CCn1nc(C(F)(F)F)cc1Nc1nc(-c2ccc(-n3cnc(C)c3)c(OC)n2)cs1. The molecule has 0 radical (unpaired) electrons. The van der Waals surface area contributed by atoms with Gasteiger partial charge >= 0.3 is 6.18 Å². The van der Waals surface area contributed by atoms with Crippen molar-refractivity contribution in [3.8, 4) is 23.0 Å². The van der Waals surface area contributed by atoms with Gasteiger partial charge in [-0.05, 0) is 26.0 Å². The van der Waals surface area contributed by atoms with Crippen molar-refractivity contribution >= 4 is 22.3 Å². The molecule has 0 atom stereocenters. The fourth-order valence-electron chi connectivity index (χ4n) is 2.93. The molecule has 0 saturated heterocycles. The number of aromatic nitrogens is 6. The average Bonchev–Trinajstić information content (AvgIpc) is 3.47. The highest BCUT2D eigenvalue weighted by molar-refractivity contribution is 7.14. The minimum absolute atomic E-state index is 0.215. The lowest BCUT2D eigenvalue weighted by Crippen LogP contribution is -2.07. The van der Waals surface area contributed by atoms with Crippen LogP contribution in [0, 0.1) is 6.92 Å². The van der Waals surface area contributed by atoms with Gasteiger partial charge in [0.05, 0.1) is 24.8 Å². The van der Waals surface area contributed by atoms with E-state index >= 15 is 0 Å². The largest absolute Gasteiger partial charge is 0.479 e. The number of hydrogen-bond donors (Lipinski definition) is 1. The third kappa shape index (κ3) is 4.24. The normalized spacial score (nSPS) is 11.7. The maximum absolute atomic E-state index is 13.0. The third-order valence-corrected chi connectivity index (χ3v) is 5.15. The van der Waals surface area contributed by atoms with Crippen LogP contribution in [-0.4, -0.2) is 36.4 Å². The average molecular weight is 449 g/mol. The lowest BCUT2D eigenvalue weighted by Gasteiger charge is -2.09. The summed E-state index contributed by atoms with van der Waals surface area (Å²) in [5.41, 5.74) is 1.78. The molecule has 4 heterocycles. The van der Waals surface area contributed by atoms with E-state index in [4.69, 9.17) is 4.74 Å². The lowest BCUT2D eigenvalue weighted by molar-refractivity contribution is -0.141. The summed E-state index contributed by atoms with van der Waals surface area (Å²) in [6.45, 7) is 3.88. The van der Waals surface area contributed by atoms with Crippen molar-refractivity contribution < 1.29 is 17.9 Å². The van der Waals surface area contributed by atoms with Crippen molar-refractivity contribution in [1.29, 1.82) is 0 Å². The maximum Gasteiger partial charge on any atom is 0.435 e. The highest BCUT2D eigenvalue weighted by Gasteiger charge is 2.35. The molecule has 8 nitrogen and oxygen atoms in total. The van der Waals surface area contributed by atoms with Gasteiger partial charge in [0.1, 0.15) is 17.2 Å². The second kappa shape index (κ2) is 8.02. The third-order valence-electron chi connectivity index (χ3n) is 4.39. The van der Waals surface area contributed by atoms with Gasteiger partial charge in [0.15, 0.2) is 10.8 Å². The van der Waals surface area contributed by atoms with E-state index in [0.29, 0.717) is 22.4 Å². The van der Waals surface area contributed by atoms with Gasteiger partial charge in [0.25, 0.3) is 0 Å². The van der Waals surface area contributed by atoms with Gasteiger partial charge in [-0.15, -0.1) is 11.3 Å². The standard InChI is InChI=1S/C19H18F3N7OS/c1-4-29-16(7-15(27-29)19(20,21)22)26-18-25-13(9-31-18)12-5-6-14(17(24-12)30-3)28-8-11(2)23-10-28/h5-10H,4H2,1-3H3,(H,25,26). The summed E-state index contributed by atoms with van der Waals surface area (Å²) in [6.07, 6.45) is -0.984. The zero-order chi connectivity index (χ0) is 22.2. The van der Waals surface area contributed by atoms with E-state index in [1.54, 1.807) is 24.7 Å². The number of alkyl halides is 3. The van der Waals surface area contributed by atoms with Crippen molar-refractivity contribution in [2.45, 2.75) is 26.6 Å². The highest BCUT2D eigenvalue weighted by atomic mass is 32.1. The number of pyridine rings is 1. The van der Waals surface area contributed by atoms with Crippen molar-refractivity contribution in [2.75, 3.05) is 12.4 Å². The van der Waals surface area contributed by atoms with Crippen molar-refractivity contribution in [3.63, 3.8) is 0 Å². The molecule has 4 aromatic heterocycles. The van der Waals surface area contributed by atoms with Gasteiger partial charge in [-0.3, -0.25) is 0 Å². The van der Waals surface area contributed by atoms with Crippen molar-refractivity contribution in [2.24, 2.45) is 0 Å². The number of aryl methyl sites for hydroxylation is 2. The van der Waals surface area contributed by atoms with Crippen LogP contribution in [0.25, 0.3) is 17.1 Å². The molecule has 0 aliphatic rings. The first-order chi connectivity index (χ1) is 14.8. The number of halogens is 3. The minimum atomic E-state index is -4.51. The molecule has 0 aliphatic heterocycles. The van der Waals surface area contributed by atoms with Crippen LogP contribution >= 0.6 is 11.3 Å². The molecular formula is C19H18F3N7OS. The van der Waals surface area contributed by atoms with E-state index < -0.39 is 11.9 Å². The molecule has 0 fully saturated rings. The monoisotopic (exact) mass is 449 g/mol. The second-order valence-electron chi connectivity index (χ2n) is 6.54. The first-order valence-corrected chi connectivity index (χ1v) is 10.1. The van der Waals surface area contributed by atoms with Crippen LogP contribution in [0.15, 0.2) is 36.1 Å². The van der Waals surface area contributed by atoms with E-state index in [1.165, 1.54) is 23.1 Å². The van der Waals surface area contributed by atoms with Crippen molar-refractivity contribution in [3.05, 3.63) is 47.5 Å². The summed E-state index contributed by atoms with van der Waals surface area (Å²) >= 11 is 1.25. The maximum atomic E-state index is 13.0. The second-order valence-corrected chi connectivity index (χ2v) is 7.40. The molecule has 0 unspecified atom stereocenters. The minimum Gasteiger partial charge on any atom is -0.479 e. The molecule has 31 heavy (non-hydrogen) atoms. The predicted molar refractivity (Wildman–Crippen MR) is 110 cm³/mol. The number of methoxy groups -OCH3 is 1. The summed E-state index contributed by atoms with van der Waals surface area (Å²) in [5, 5.41) is 8.70. The molecule has 4 rings (SSSR count). The molecule has 0 aromatic carbocycles. The van der Waals surface area contributed by atoms with Gasteiger partial charge in [0.2, 0.25) is 5.88 Å². The summed E-state index contributed by atoms with van der Waals surface area (Å²) in [7, 11) is 1.53. The number of thiazole rings is 1. The fourth-order valence-corrected chi connectivity index (χ4v) is 3.64. The molecule has 12 heteroatoms. The van der Waals surface area contributed by atoms with Crippen molar-refractivity contribution in [1.82, 2.24) is 29.3 Å². The van der Waals surface area contributed by atoms with Crippen LogP contribution in [0.2, 0.25) is 0 Å². The first kappa shape index (κ1) is 20.8. The fraction of sp³-hybridized carbons (Fsp3) is 0.263. The Balaban J connectivity index is 1.60. The molecule has 162 valence electrons. The van der Waals surface area contributed by atoms with Gasteiger partial charge in [-0.2, -0.15) is 18.3 Å². The predicted octanol–water partition coefficient (Wildman–Crippen LogP) is 4.69. The Hall–Kier alpha value is -3.41. The number of imidazole rings is 1. The van der Waals surface area contributed by atoms with Crippen LogP contribution in [0.3, 0.4) is 0 Å². The Morgan fingerprint density at radius 1 is 1.19 bits per heavy atom. The molecule has 0 saturated carbocycles. The molecule has 0 aliphatic carbocycles. The van der Waals surface area contributed by atoms with Gasteiger partial charge in [-0.25, -0.2) is 19.6 Å². The number of hydrogen-bond acceptors (Lipinski definition) is 7. The van der Waals surface area contributed by atoms with E-state index in [-0.39, 0.29) is 12.4 Å². The Kier molecular flexibility index (Phi) is 5.39. The molecule has 1 N–H and O–H groups in total. The summed E-state index contributed by atoms with van der Waals surface area (Å²) in [4.78, 5) is 13.2. The Morgan fingerprint density at radius 3 is 2.65 bits per heavy atom. The Bertz CT molecular complexity index is 1210. The highest BCUT2D eigenvalue weighted by Crippen LogP contribution is 2.33. The van der Waals surface area contributed by atoms with E-state index in [9.17, 15) is 13.2 Å². The Morgan fingerprint density at radius 2 is 2.00 bits per heavy atom. The number of nitrogens with zero attached hydrogens (tertiary/aromatic N) is 6. The number of anilines is 2. The summed E-state index contributed by atoms with van der Waals surface area (Å²) < 4.78 is 47.4.